The predicted molar refractivity (Wildman–Crippen MR) is 80.8 cm³/mol. The first kappa shape index (κ1) is 16.5. The van der Waals surface area contributed by atoms with Crippen molar-refractivity contribution in [3.8, 4) is 0 Å². The number of allylic oxidation sites excluding steroid dienone is 1. The normalized spacial score (nSPS) is 30.5. The number of rotatable bonds is 5. The summed E-state index contributed by atoms with van der Waals surface area (Å²) in [5, 5.41) is 0. The van der Waals surface area contributed by atoms with Gasteiger partial charge in [-0.05, 0) is 50.9 Å². The Bertz CT molecular complexity index is 405. The van der Waals surface area contributed by atoms with E-state index in [2.05, 4.69) is 13.8 Å². The van der Waals surface area contributed by atoms with Crippen LogP contribution in [-0.2, 0) is 19.0 Å². The smallest absolute Gasteiger partial charge is 0.333 e. The molecular weight excluding hydrogens is 268 g/mol. The lowest BCUT2D eigenvalue weighted by molar-refractivity contribution is -0.177. The molecule has 2 fully saturated rings. The molecule has 120 valence electrons. The van der Waals surface area contributed by atoms with E-state index < -0.39 is 0 Å². The highest BCUT2D eigenvalue weighted by Crippen LogP contribution is 2.52. The molecule has 2 aliphatic rings. The molecule has 21 heavy (non-hydrogen) atoms. The largest absolute Gasteiger partial charge is 0.463 e. The van der Waals surface area contributed by atoms with Gasteiger partial charge in [-0.15, -0.1) is 0 Å². The molecule has 2 atom stereocenters. The molecule has 0 radical (unpaired) electrons. The van der Waals surface area contributed by atoms with Crippen LogP contribution in [0.5, 0.6) is 0 Å². The zero-order valence-electron chi connectivity index (χ0n) is 13.7. The molecule has 0 aromatic rings. The molecule has 1 saturated heterocycles. The van der Waals surface area contributed by atoms with E-state index in [4.69, 9.17) is 14.2 Å². The number of esters is 1. The van der Waals surface area contributed by atoms with E-state index in [0.29, 0.717) is 19.1 Å². The molecule has 2 unspecified atom stereocenters. The van der Waals surface area contributed by atoms with Gasteiger partial charge in [0.15, 0.2) is 6.29 Å². The Labute approximate surface area is 127 Å². The molecule has 1 aliphatic carbocycles. The number of hydrogen-bond acceptors (Lipinski definition) is 4. The Balaban J connectivity index is 1.88. The van der Waals surface area contributed by atoms with Crippen LogP contribution in [0.25, 0.3) is 0 Å². The molecular formula is C17H28O4. The minimum absolute atomic E-state index is 0.00547. The highest BCUT2D eigenvalue weighted by molar-refractivity contribution is 5.89. The summed E-state index contributed by atoms with van der Waals surface area (Å²) in [6.45, 7) is 10.0. The second-order valence-corrected chi connectivity index (χ2v) is 6.58. The average molecular weight is 296 g/mol. The van der Waals surface area contributed by atoms with Crippen LogP contribution in [0.3, 0.4) is 0 Å². The molecule has 1 saturated carbocycles. The van der Waals surface area contributed by atoms with Crippen molar-refractivity contribution in [2.45, 2.75) is 59.7 Å². The first-order chi connectivity index (χ1) is 9.96. The fourth-order valence-corrected chi connectivity index (χ4v) is 3.21. The first-order valence-electron chi connectivity index (χ1n) is 8.07. The van der Waals surface area contributed by atoms with Crippen LogP contribution >= 0.6 is 0 Å². The van der Waals surface area contributed by atoms with Crippen LogP contribution in [0.2, 0.25) is 0 Å². The fraction of sp³-hybridized carbons (Fsp3) is 0.824. The van der Waals surface area contributed by atoms with Gasteiger partial charge in [-0.1, -0.05) is 19.4 Å². The summed E-state index contributed by atoms with van der Waals surface area (Å²) in [6.07, 6.45) is 4.21. The summed E-state index contributed by atoms with van der Waals surface area (Å²) in [5.41, 5.74) is 1.98. The molecule has 4 heteroatoms. The first-order valence-corrected chi connectivity index (χ1v) is 8.07. The zero-order valence-corrected chi connectivity index (χ0v) is 13.7. The highest BCUT2D eigenvalue weighted by Gasteiger charge is 2.45. The van der Waals surface area contributed by atoms with Gasteiger partial charge in [0.2, 0.25) is 0 Å². The van der Waals surface area contributed by atoms with Gasteiger partial charge in [0, 0.05) is 12.2 Å². The van der Waals surface area contributed by atoms with Gasteiger partial charge in [-0.2, -0.15) is 0 Å². The monoisotopic (exact) mass is 296 g/mol. The fourth-order valence-electron chi connectivity index (χ4n) is 3.21. The van der Waals surface area contributed by atoms with Crippen LogP contribution in [-0.4, -0.2) is 32.1 Å². The quantitative estimate of drug-likeness (QED) is 0.576. The molecule has 0 amide bonds. The van der Waals surface area contributed by atoms with E-state index in [1.54, 1.807) is 0 Å². The van der Waals surface area contributed by atoms with Gasteiger partial charge in [-0.3, -0.25) is 0 Å². The minimum Gasteiger partial charge on any atom is -0.463 e. The third kappa shape index (κ3) is 3.67. The number of hydrogen-bond donors (Lipinski definition) is 0. The lowest BCUT2D eigenvalue weighted by Crippen LogP contribution is -2.43. The van der Waals surface area contributed by atoms with E-state index in [1.807, 2.05) is 13.8 Å². The SMILES string of the molecule is CCOC(=O)C(C)=C1CC(COC2CCCCO2)C1(C)C. The van der Waals surface area contributed by atoms with E-state index >= 15 is 0 Å². The minimum atomic E-state index is -0.185. The van der Waals surface area contributed by atoms with Gasteiger partial charge in [-0.25, -0.2) is 4.79 Å². The van der Waals surface area contributed by atoms with Crippen LogP contribution < -0.4 is 0 Å². The van der Waals surface area contributed by atoms with E-state index in [9.17, 15) is 4.79 Å². The summed E-state index contributed by atoms with van der Waals surface area (Å²) in [6, 6.07) is 0. The molecule has 4 nitrogen and oxygen atoms in total. The molecule has 0 aromatic heterocycles. The van der Waals surface area contributed by atoms with Crippen molar-refractivity contribution in [1.29, 1.82) is 0 Å². The average Bonchev–Trinajstić information content (AvgIpc) is 2.47. The van der Waals surface area contributed by atoms with Crippen LogP contribution in [0.4, 0.5) is 0 Å². The predicted octanol–water partition coefficient (Wildman–Crippen LogP) is 3.46. The van der Waals surface area contributed by atoms with Crippen molar-refractivity contribution in [1.82, 2.24) is 0 Å². The molecule has 2 rings (SSSR count). The highest BCUT2D eigenvalue weighted by atomic mass is 16.7. The van der Waals surface area contributed by atoms with E-state index in [-0.39, 0.29) is 17.7 Å². The summed E-state index contributed by atoms with van der Waals surface area (Å²) >= 11 is 0. The number of carbonyl (C=O) groups excluding carboxylic acids is 1. The van der Waals surface area contributed by atoms with Crippen molar-refractivity contribution in [3.63, 3.8) is 0 Å². The number of ether oxygens (including phenoxy) is 3. The van der Waals surface area contributed by atoms with Gasteiger partial charge >= 0.3 is 5.97 Å². The molecule has 1 heterocycles. The Morgan fingerprint density at radius 3 is 2.71 bits per heavy atom. The lowest BCUT2D eigenvalue weighted by Gasteiger charge is -2.48. The molecule has 1 aliphatic heterocycles. The Morgan fingerprint density at radius 2 is 2.14 bits per heavy atom. The summed E-state index contributed by atoms with van der Waals surface area (Å²) < 4.78 is 16.6. The second kappa shape index (κ2) is 6.93. The summed E-state index contributed by atoms with van der Waals surface area (Å²) in [7, 11) is 0. The topological polar surface area (TPSA) is 44.8 Å². The second-order valence-electron chi connectivity index (χ2n) is 6.58. The lowest BCUT2D eigenvalue weighted by atomic mass is 9.57. The van der Waals surface area contributed by atoms with Crippen molar-refractivity contribution >= 4 is 5.97 Å². The van der Waals surface area contributed by atoms with Gasteiger partial charge in [0.1, 0.15) is 0 Å². The van der Waals surface area contributed by atoms with Gasteiger partial charge in [0.05, 0.1) is 13.2 Å². The van der Waals surface area contributed by atoms with Crippen LogP contribution in [0.15, 0.2) is 11.1 Å². The Morgan fingerprint density at radius 1 is 1.38 bits per heavy atom. The third-order valence-corrected chi connectivity index (χ3v) is 4.90. The van der Waals surface area contributed by atoms with Crippen LogP contribution in [0.1, 0.15) is 53.4 Å². The summed E-state index contributed by atoms with van der Waals surface area (Å²) in [4.78, 5) is 11.8. The third-order valence-electron chi connectivity index (χ3n) is 4.90. The Kier molecular flexibility index (Phi) is 5.44. The molecule has 0 aromatic carbocycles. The van der Waals surface area contributed by atoms with Gasteiger partial charge < -0.3 is 14.2 Å². The van der Waals surface area contributed by atoms with Crippen molar-refractivity contribution in [2.24, 2.45) is 11.3 Å². The van der Waals surface area contributed by atoms with Crippen LogP contribution in [0, 0.1) is 11.3 Å². The maximum atomic E-state index is 11.8. The van der Waals surface area contributed by atoms with Crippen molar-refractivity contribution in [3.05, 3.63) is 11.1 Å². The maximum absolute atomic E-state index is 11.8. The zero-order chi connectivity index (χ0) is 15.5. The van der Waals surface area contributed by atoms with Crippen molar-refractivity contribution < 1.29 is 19.0 Å². The maximum Gasteiger partial charge on any atom is 0.333 e. The Hall–Kier alpha value is -0.870. The summed E-state index contributed by atoms with van der Waals surface area (Å²) in [5.74, 6) is 0.262. The van der Waals surface area contributed by atoms with Crippen molar-refractivity contribution in [2.75, 3.05) is 19.8 Å². The van der Waals surface area contributed by atoms with E-state index in [0.717, 1.165) is 31.4 Å². The molecule has 0 N–H and O–H groups in total. The number of carbonyl (C=O) groups is 1. The van der Waals surface area contributed by atoms with E-state index in [1.165, 1.54) is 12.0 Å². The molecule has 0 bridgehead atoms. The molecule has 0 spiro atoms. The van der Waals surface area contributed by atoms with Gasteiger partial charge in [0.25, 0.3) is 0 Å². The standard InChI is InChI=1S/C17H28O4/c1-5-19-16(18)12(2)14-10-13(17(14,3)4)11-21-15-8-6-7-9-20-15/h13,15H,5-11H2,1-4H3.